The molecule has 1 aromatic rings. The van der Waals surface area contributed by atoms with Crippen LogP contribution in [0.25, 0.3) is 0 Å². The third-order valence-electron chi connectivity index (χ3n) is 3.66. The summed E-state index contributed by atoms with van der Waals surface area (Å²) in [5.41, 5.74) is 2.67. The average Bonchev–Trinajstić information content (AvgIpc) is 2.37. The second kappa shape index (κ2) is 6.55. The zero-order valence-electron chi connectivity index (χ0n) is 10.9. The Morgan fingerprint density at radius 3 is 3.00 bits per heavy atom. The lowest BCUT2D eigenvalue weighted by atomic mass is 9.98. The summed E-state index contributed by atoms with van der Waals surface area (Å²) in [6.07, 6.45) is 4.82. The Morgan fingerprint density at radius 1 is 1.44 bits per heavy atom. The first-order valence-electron chi connectivity index (χ1n) is 6.57. The van der Waals surface area contributed by atoms with Crippen molar-refractivity contribution in [3.05, 3.63) is 28.2 Å². The predicted molar refractivity (Wildman–Crippen MR) is 78.6 cm³/mol. The highest BCUT2D eigenvalue weighted by molar-refractivity contribution is 9.10. The molecule has 1 atom stereocenters. The molecule has 1 aromatic carbocycles. The molecule has 0 bridgehead atoms. The normalized spacial score (nSPS) is 20.2. The maximum atomic E-state index is 5.15. The molecule has 0 aliphatic carbocycles. The Balaban J connectivity index is 2.16. The fourth-order valence-electron chi connectivity index (χ4n) is 2.76. The molecule has 3 nitrogen and oxygen atoms in total. The van der Waals surface area contributed by atoms with Crippen LogP contribution in [0.4, 0.5) is 5.69 Å². The van der Waals surface area contributed by atoms with E-state index in [2.05, 4.69) is 46.0 Å². The van der Waals surface area contributed by atoms with Crippen molar-refractivity contribution in [1.82, 2.24) is 0 Å². The lowest BCUT2D eigenvalue weighted by molar-refractivity contribution is 0.127. The van der Waals surface area contributed by atoms with Gasteiger partial charge in [-0.05, 0) is 56.4 Å². The van der Waals surface area contributed by atoms with Crippen LogP contribution in [-0.2, 0) is 4.84 Å². The molecule has 18 heavy (non-hydrogen) atoms. The Hall–Kier alpha value is -0.580. The summed E-state index contributed by atoms with van der Waals surface area (Å²) in [7, 11) is 0. The van der Waals surface area contributed by atoms with E-state index in [-0.39, 0.29) is 0 Å². The number of halogens is 1. The van der Waals surface area contributed by atoms with Crippen molar-refractivity contribution in [3.63, 3.8) is 0 Å². The van der Waals surface area contributed by atoms with Gasteiger partial charge in [0.1, 0.15) is 0 Å². The van der Waals surface area contributed by atoms with E-state index in [0.717, 1.165) is 17.4 Å². The standard InChI is InChI=1S/C14H21BrN2O/c1-11-10-12(15)5-6-14(11)17-8-3-2-4-13(17)7-9-18-16/h5-6,10,13H,2-4,7-9,16H2,1H3. The highest BCUT2D eigenvalue weighted by Gasteiger charge is 2.23. The summed E-state index contributed by atoms with van der Waals surface area (Å²) in [5.74, 6) is 5.15. The van der Waals surface area contributed by atoms with Gasteiger partial charge in [0, 0.05) is 22.7 Å². The van der Waals surface area contributed by atoms with Gasteiger partial charge in [-0.25, -0.2) is 5.90 Å². The largest absolute Gasteiger partial charge is 0.368 e. The van der Waals surface area contributed by atoms with Gasteiger partial charge in [-0.3, -0.25) is 0 Å². The van der Waals surface area contributed by atoms with Gasteiger partial charge < -0.3 is 9.74 Å². The molecule has 0 radical (unpaired) electrons. The van der Waals surface area contributed by atoms with Crippen LogP contribution in [0, 0.1) is 6.92 Å². The number of anilines is 1. The summed E-state index contributed by atoms with van der Waals surface area (Å²) in [6.45, 7) is 3.94. The first-order valence-corrected chi connectivity index (χ1v) is 7.36. The number of hydrogen-bond acceptors (Lipinski definition) is 3. The molecular formula is C14H21BrN2O. The number of hydrogen-bond donors (Lipinski definition) is 1. The smallest absolute Gasteiger partial charge is 0.0698 e. The molecule has 1 saturated heterocycles. The zero-order valence-corrected chi connectivity index (χ0v) is 12.4. The summed E-state index contributed by atoms with van der Waals surface area (Å²) >= 11 is 3.52. The van der Waals surface area contributed by atoms with E-state index in [1.54, 1.807) is 0 Å². The predicted octanol–water partition coefficient (Wildman–Crippen LogP) is 3.40. The van der Waals surface area contributed by atoms with Crippen LogP contribution in [0.3, 0.4) is 0 Å². The first kappa shape index (κ1) is 13.8. The third-order valence-corrected chi connectivity index (χ3v) is 4.16. The second-order valence-electron chi connectivity index (χ2n) is 4.93. The minimum Gasteiger partial charge on any atom is -0.368 e. The van der Waals surface area contributed by atoms with Crippen molar-refractivity contribution >= 4 is 21.6 Å². The van der Waals surface area contributed by atoms with Crippen LogP contribution >= 0.6 is 15.9 Å². The van der Waals surface area contributed by atoms with E-state index in [9.17, 15) is 0 Å². The first-order chi connectivity index (χ1) is 8.72. The van der Waals surface area contributed by atoms with Crippen molar-refractivity contribution < 1.29 is 4.84 Å². The van der Waals surface area contributed by atoms with Crippen LogP contribution < -0.4 is 10.8 Å². The molecule has 2 N–H and O–H groups in total. The van der Waals surface area contributed by atoms with E-state index >= 15 is 0 Å². The Morgan fingerprint density at radius 2 is 2.28 bits per heavy atom. The quantitative estimate of drug-likeness (QED) is 0.866. The number of rotatable bonds is 4. The molecule has 1 aliphatic heterocycles. The highest BCUT2D eigenvalue weighted by atomic mass is 79.9. The maximum absolute atomic E-state index is 5.15. The monoisotopic (exact) mass is 312 g/mol. The van der Waals surface area contributed by atoms with Gasteiger partial charge in [0.15, 0.2) is 0 Å². The van der Waals surface area contributed by atoms with E-state index in [4.69, 9.17) is 10.7 Å². The molecule has 0 aromatic heterocycles. The molecular weight excluding hydrogens is 292 g/mol. The van der Waals surface area contributed by atoms with Gasteiger partial charge in [0.05, 0.1) is 6.61 Å². The molecule has 0 amide bonds. The molecule has 0 saturated carbocycles. The van der Waals surface area contributed by atoms with E-state index < -0.39 is 0 Å². The maximum Gasteiger partial charge on any atom is 0.0698 e. The lowest BCUT2D eigenvalue weighted by Gasteiger charge is -2.38. The van der Waals surface area contributed by atoms with Gasteiger partial charge in [0.25, 0.3) is 0 Å². The summed E-state index contributed by atoms with van der Waals surface area (Å²) < 4.78 is 1.14. The molecule has 4 heteroatoms. The number of piperidine rings is 1. The topological polar surface area (TPSA) is 38.5 Å². The van der Waals surface area contributed by atoms with Crippen molar-refractivity contribution in [2.75, 3.05) is 18.1 Å². The number of nitrogens with two attached hydrogens (primary N) is 1. The van der Waals surface area contributed by atoms with Crippen LogP contribution in [0.15, 0.2) is 22.7 Å². The number of nitrogens with zero attached hydrogens (tertiary/aromatic N) is 1. The third kappa shape index (κ3) is 3.25. The van der Waals surface area contributed by atoms with E-state index in [0.29, 0.717) is 12.6 Å². The molecule has 1 unspecified atom stereocenters. The summed E-state index contributed by atoms with van der Waals surface area (Å²) in [6, 6.07) is 7.07. The fraction of sp³-hybridized carbons (Fsp3) is 0.571. The second-order valence-corrected chi connectivity index (χ2v) is 5.85. The number of benzene rings is 1. The van der Waals surface area contributed by atoms with E-state index in [1.165, 1.54) is 30.5 Å². The van der Waals surface area contributed by atoms with Gasteiger partial charge in [-0.15, -0.1) is 0 Å². The number of aryl methyl sites for hydroxylation is 1. The fourth-order valence-corrected chi connectivity index (χ4v) is 3.24. The molecule has 2 rings (SSSR count). The van der Waals surface area contributed by atoms with E-state index in [1.807, 2.05) is 0 Å². The average molecular weight is 313 g/mol. The molecule has 1 fully saturated rings. The lowest BCUT2D eigenvalue weighted by Crippen LogP contribution is -2.40. The van der Waals surface area contributed by atoms with Crippen molar-refractivity contribution in [2.45, 2.75) is 38.6 Å². The van der Waals surface area contributed by atoms with Crippen LogP contribution in [0.1, 0.15) is 31.2 Å². The van der Waals surface area contributed by atoms with Gasteiger partial charge in [-0.1, -0.05) is 15.9 Å². The Bertz CT molecular complexity index is 397. The van der Waals surface area contributed by atoms with Crippen LogP contribution in [0.5, 0.6) is 0 Å². The van der Waals surface area contributed by atoms with Crippen molar-refractivity contribution in [3.8, 4) is 0 Å². The summed E-state index contributed by atoms with van der Waals surface area (Å²) in [4.78, 5) is 7.26. The van der Waals surface area contributed by atoms with Crippen molar-refractivity contribution in [1.29, 1.82) is 0 Å². The van der Waals surface area contributed by atoms with Crippen LogP contribution in [-0.4, -0.2) is 19.2 Å². The van der Waals surface area contributed by atoms with Gasteiger partial charge >= 0.3 is 0 Å². The van der Waals surface area contributed by atoms with Gasteiger partial charge in [0.2, 0.25) is 0 Å². The Kier molecular flexibility index (Phi) is 5.03. The molecule has 1 heterocycles. The summed E-state index contributed by atoms with van der Waals surface area (Å²) in [5, 5.41) is 0. The van der Waals surface area contributed by atoms with Gasteiger partial charge in [-0.2, -0.15) is 0 Å². The molecule has 1 aliphatic rings. The highest BCUT2D eigenvalue weighted by Crippen LogP contribution is 2.30. The molecule has 100 valence electrons. The molecule has 0 spiro atoms. The minimum atomic E-state index is 0.558. The zero-order chi connectivity index (χ0) is 13.0. The Labute approximate surface area is 117 Å². The van der Waals surface area contributed by atoms with Crippen LogP contribution in [0.2, 0.25) is 0 Å². The minimum absolute atomic E-state index is 0.558. The SMILES string of the molecule is Cc1cc(Br)ccc1N1CCCCC1CCON. The van der Waals surface area contributed by atoms with Crippen molar-refractivity contribution in [2.24, 2.45) is 5.90 Å².